The van der Waals surface area contributed by atoms with Gasteiger partial charge in [0.15, 0.2) is 11.5 Å². The number of nitrogens with zero attached hydrogens (tertiary/aromatic N) is 1. The third kappa shape index (κ3) is 2.80. The summed E-state index contributed by atoms with van der Waals surface area (Å²) < 4.78 is 13.3. The van der Waals surface area contributed by atoms with Crippen molar-refractivity contribution in [2.75, 3.05) is 13.2 Å². The van der Waals surface area contributed by atoms with Gasteiger partial charge < -0.3 is 14.0 Å². The van der Waals surface area contributed by atoms with E-state index in [1.807, 2.05) is 38.1 Å². The SMILES string of the molecule is Cc1cc(/C=C2\SC(=O)NC2=O)c(C)n1-c1ccc2c(c1)OCCO2. The Bertz CT molecular complexity index is 929. The average molecular weight is 356 g/mol. The molecule has 2 amide bonds. The number of aryl methyl sites for hydroxylation is 1. The van der Waals surface area contributed by atoms with Crippen molar-refractivity contribution in [2.45, 2.75) is 13.8 Å². The van der Waals surface area contributed by atoms with Crippen LogP contribution in [-0.2, 0) is 4.79 Å². The molecule has 0 atom stereocenters. The number of hydrogen-bond acceptors (Lipinski definition) is 5. The molecule has 1 N–H and O–H groups in total. The van der Waals surface area contributed by atoms with Gasteiger partial charge in [-0.1, -0.05) is 0 Å². The highest BCUT2D eigenvalue weighted by atomic mass is 32.2. The van der Waals surface area contributed by atoms with Crippen LogP contribution in [0.25, 0.3) is 11.8 Å². The number of carbonyl (C=O) groups excluding carboxylic acids is 2. The molecule has 1 saturated heterocycles. The van der Waals surface area contributed by atoms with Crippen molar-refractivity contribution in [2.24, 2.45) is 0 Å². The molecular weight excluding hydrogens is 340 g/mol. The molecule has 0 spiro atoms. The number of thioether (sulfide) groups is 1. The zero-order valence-electron chi connectivity index (χ0n) is 13.8. The lowest BCUT2D eigenvalue weighted by Crippen LogP contribution is -2.17. The predicted octanol–water partition coefficient (Wildman–Crippen LogP) is 3.19. The first-order valence-corrected chi connectivity index (χ1v) is 8.68. The summed E-state index contributed by atoms with van der Waals surface area (Å²) in [5.41, 5.74) is 3.87. The van der Waals surface area contributed by atoms with Crippen LogP contribution in [0.5, 0.6) is 11.5 Å². The van der Waals surface area contributed by atoms with E-state index in [9.17, 15) is 9.59 Å². The quantitative estimate of drug-likeness (QED) is 0.837. The summed E-state index contributed by atoms with van der Waals surface area (Å²) >= 11 is 0.922. The van der Waals surface area contributed by atoms with Crippen LogP contribution >= 0.6 is 11.8 Å². The Labute approximate surface area is 148 Å². The fraction of sp³-hybridized carbons (Fsp3) is 0.222. The van der Waals surface area contributed by atoms with Crippen LogP contribution in [0.4, 0.5) is 4.79 Å². The van der Waals surface area contributed by atoms with Gasteiger partial charge in [-0.15, -0.1) is 0 Å². The highest BCUT2D eigenvalue weighted by molar-refractivity contribution is 8.18. The molecule has 2 aliphatic heterocycles. The molecule has 1 aromatic heterocycles. The van der Waals surface area contributed by atoms with Gasteiger partial charge in [0.25, 0.3) is 11.1 Å². The molecule has 2 aromatic rings. The van der Waals surface area contributed by atoms with Crippen molar-refractivity contribution < 1.29 is 19.1 Å². The number of ether oxygens (including phenoxy) is 2. The molecule has 2 aliphatic rings. The number of nitrogens with one attached hydrogen (secondary N) is 1. The molecule has 0 unspecified atom stereocenters. The van der Waals surface area contributed by atoms with E-state index in [2.05, 4.69) is 9.88 Å². The van der Waals surface area contributed by atoms with Crippen molar-refractivity contribution in [3.8, 4) is 17.2 Å². The Morgan fingerprint density at radius 2 is 1.88 bits per heavy atom. The number of amides is 2. The molecule has 0 saturated carbocycles. The average Bonchev–Trinajstić information content (AvgIpc) is 3.05. The molecular formula is C18H16N2O4S. The van der Waals surface area contributed by atoms with Crippen LogP contribution in [0, 0.1) is 13.8 Å². The molecule has 128 valence electrons. The molecule has 0 radical (unpaired) electrons. The summed E-state index contributed by atoms with van der Waals surface area (Å²) in [7, 11) is 0. The maximum absolute atomic E-state index is 11.8. The minimum Gasteiger partial charge on any atom is -0.486 e. The lowest BCUT2D eigenvalue weighted by molar-refractivity contribution is -0.115. The zero-order chi connectivity index (χ0) is 17.6. The number of imide groups is 1. The zero-order valence-corrected chi connectivity index (χ0v) is 14.6. The predicted molar refractivity (Wildman–Crippen MR) is 95.3 cm³/mol. The fourth-order valence-corrected chi connectivity index (χ4v) is 3.74. The van der Waals surface area contributed by atoms with E-state index < -0.39 is 0 Å². The normalized spacial score (nSPS) is 17.9. The highest BCUT2D eigenvalue weighted by Crippen LogP contribution is 2.34. The summed E-state index contributed by atoms with van der Waals surface area (Å²) in [5.74, 6) is 1.13. The van der Waals surface area contributed by atoms with Crippen LogP contribution in [-0.4, -0.2) is 28.9 Å². The molecule has 3 heterocycles. The van der Waals surface area contributed by atoms with Crippen molar-refractivity contribution in [1.82, 2.24) is 9.88 Å². The molecule has 1 fully saturated rings. The number of hydrogen-bond donors (Lipinski definition) is 1. The Morgan fingerprint density at radius 1 is 1.12 bits per heavy atom. The smallest absolute Gasteiger partial charge is 0.290 e. The van der Waals surface area contributed by atoms with Crippen LogP contribution < -0.4 is 14.8 Å². The Morgan fingerprint density at radius 3 is 2.60 bits per heavy atom. The van der Waals surface area contributed by atoms with Gasteiger partial charge in [-0.3, -0.25) is 14.9 Å². The van der Waals surface area contributed by atoms with Gasteiger partial charge in [0.05, 0.1) is 4.91 Å². The standard InChI is InChI=1S/C18H16N2O4S/c1-10-7-12(8-16-17(21)19-18(22)25-16)11(2)20(10)13-3-4-14-15(9-13)24-6-5-23-14/h3-4,7-9H,5-6H2,1-2H3,(H,19,21,22)/b16-8-. The third-order valence-corrected chi connectivity index (χ3v) is 4.99. The first kappa shape index (κ1) is 15.8. The first-order valence-electron chi connectivity index (χ1n) is 7.87. The summed E-state index contributed by atoms with van der Waals surface area (Å²) in [5, 5.41) is 1.94. The minimum absolute atomic E-state index is 0.336. The number of carbonyl (C=O) groups is 2. The van der Waals surface area contributed by atoms with Crippen LogP contribution in [0.2, 0.25) is 0 Å². The maximum Gasteiger partial charge on any atom is 0.290 e. The Balaban J connectivity index is 1.75. The van der Waals surface area contributed by atoms with Crippen molar-refractivity contribution >= 4 is 29.0 Å². The Kier molecular flexibility index (Phi) is 3.80. The number of aromatic nitrogens is 1. The second-order valence-corrected chi connectivity index (χ2v) is 6.86. The van der Waals surface area contributed by atoms with E-state index in [-0.39, 0.29) is 11.1 Å². The van der Waals surface area contributed by atoms with E-state index in [1.165, 1.54) is 0 Å². The van der Waals surface area contributed by atoms with Crippen molar-refractivity contribution in [3.63, 3.8) is 0 Å². The summed E-state index contributed by atoms with van der Waals surface area (Å²) in [6.07, 6.45) is 1.75. The number of fused-ring (bicyclic) bond motifs is 1. The van der Waals surface area contributed by atoms with E-state index in [0.29, 0.717) is 18.1 Å². The topological polar surface area (TPSA) is 69.6 Å². The second kappa shape index (κ2) is 6.00. The summed E-state index contributed by atoms with van der Waals surface area (Å²) in [6.45, 7) is 5.08. The lowest BCUT2D eigenvalue weighted by Gasteiger charge is -2.20. The largest absolute Gasteiger partial charge is 0.486 e. The Hall–Kier alpha value is -2.67. The number of benzene rings is 1. The monoisotopic (exact) mass is 356 g/mol. The van der Waals surface area contributed by atoms with Gasteiger partial charge >= 0.3 is 0 Å². The molecule has 25 heavy (non-hydrogen) atoms. The van der Waals surface area contributed by atoms with Gasteiger partial charge in [0.1, 0.15) is 13.2 Å². The lowest BCUT2D eigenvalue weighted by atomic mass is 10.2. The summed E-state index contributed by atoms with van der Waals surface area (Å²) in [4.78, 5) is 23.5. The summed E-state index contributed by atoms with van der Waals surface area (Å²) in [6, 6.07) is 7.83. The highest BCUT2D eigenvalue weighted by Gasteiger charge is 2.25. The maximum atomic E-state index is 11.8. The first-order chi connectivity index (χ1) is 12.0. The van der Waals surface area contributed by atoms with Crippen LogP contribution in [0.15, 0.2) is 29.2 Å². The van der Waals surface area contributed by atoms with Gasteiger partial charge in [0, 0.05) is 23.1 Å². The third-order valence-electron chi connectivity index (χ3n) is 4.18. The van der Waals surface area contributed by atoms with E-state index in [1.54, 1.807) is 6.08 Å². The number of rotatable bonds is 2. The van der Waals surface area contributed by atoms with E-state index >= 15 is 0 Å². The van der Waals surface area contributed by atoms with E-state index in [4.69, 9.17) is 9.47 Å². The van der Waals surface area contributed by atoms with Crippen molar-refractivity contribution in [1.29, 1.82) is 0 Å². The van der Waals surface area contributed by atoms with Crippen LogP contribution in [0.1, 0.15) is 17.0 Å². The molecule has 7 heteroatoms. The van der Waals surface area contributed by atoms with Gasteiger partial charge in [-0.2, -0.15) is 0 Å². The molecule has 4 rings (SSSR count). The second-order valence-electron chi connectivity index (χ2n) is 5.84. The fourth-order valence-electron chi connectivity index (χ4n) is 3.06. The molecule has 0 bridgehead atoms. The molecule has 6 nitrogen and oxygen atoms in total. The van der Waals surface area contributed by atoms with Gasteiger partial charge in [-0.05, 0) is 55.4 Å². The van der Waals surface area contributed by atoms with Gasteiger partial charge in [-0.25, -0.2) is 0 Å². The van der Waals surface area contributed by atoms with E-state index in [0.717, 1.165) is 45.9 Å². The molecule has 1 aromatic carbocycles. The van der Waals surface area contributed by atoms with Crippen molar-refractivity contribution in [3.05, 3.63) is 46.1 Å². The van der Waals surface area contributed by atoms with Crippen LogP contribution in [0.3, 0.4) is 0 Å². The minimum atomic E-state index is -0.348. The van der Waals surface area contributed by atoms with Gasteiger partial charge in [0.2, 0.25) is 0 Å². The molecule has 0 aliphatic carbocycles.